The topological polar surface area (TPSA) is 68.2 Å². The molecule has 1 aliphatic rings. The van der Waals surface area contributed by atoms with Gasteiger partial charge in [-0.2, -0.15) is 0 Å². The van der Waals surface area contributed by atoms with Crippen molar-refractivity contribution in [1.29, 1.82) is 0 Å². The van der Waals surface area contributed by atoms with Gasteiger partial charge in [0, 0.05) is 27.2 Å². The van der Waals surface area contributed by atoms with Gasteiger partial charge in [0.15, 0.2) is 6.79 Å². The molecule has 1 unspecified atom stereocenters. The number of amides is 1. The Kier molecular flexibility index (Phi) is 5.87. The van der Waals surface area contributed by atoms with Crippen molar-refractivity contribution >= 4 is 11.5 Å². The summed E-state index contributed by atoms with van der Waals surface area (Å²) in [6.45, 7) is 7.94. The minimum Gasteiger partial charge on any atom is -0.509 e. The molecule has 1 heterocycles. The number of hydrogen-bond acceptors (Lipinski definition) is 5. The average Bonchev–Trinajstić information content (AvgIpc) is 2.72. The number of rotatable bonds is 7. The summed E-state index contributed by atoms with van der Waals surface area (Å²) in [4.78, 5) is 18.6. The Balaban J connectivity index is 2.58. The van der Waals surface area contributed by atoms with Crippen LogP contribution in [-0.4, -0.2) is 49.2 Å². The summed E-state index contributed by atoms with van der Waals surface area (Å²) in [7, 11) is 3.06. The first-order valence-electron chi connectivity index (χ1n) is 8.25. The van der Waals surface area contributed by atoms with Crippen molar-refractivity contribution in [2.24, 2.45) is 0 Å². The summed E-state index contributed by atoms with van der Waals surface area (Å²) in [6.07, 6.45) is 0.401. The zero-order valence-corrected chi connectivity index (χ0v) is 15.8. The van der Waals surface area contributed by atoms with Gasteiger partial charge in [-0.3, -0.25) is 4.79 Å². The van der Waals surface area contributed by atoms with Crippen LogP contribution in [0.1, 0.15) is 35.6 Å². The van der Waals surface area contributed by atoms with Crippen molar-refractivity contribution in [3.63, 3.8) is 0 Å². The minimum atomic E-state index is -1.01. The Morgan fingerprint density at radius 1 is 1.12 bits per heavy atom. The average molecular weight is 349 g/mol. The molecule has 1 aliphatic heterocycles. The first-order valence-corrected chi connectivity index (χ1v) is 8.25. The molecular formula is C19H27NO5. The first kappa shape index (κ1) is 19.4. The van der Waals surface area contributed by atoms with Crippen molar-refractivity contribution in [3.05, 3.63) is 40.1 Å². The molecule has 0 aromatic heterocycles. The lowest BCUT2D eigenvalue weighted by molar-refractivity contribution is -0.243. The molecule has 1 aromatic carbocycles. The van der Waals surface area contributed by atoms with Crippen molar-refractivity contribution < 1.29 is 24.2 Å². The number of aryl methyl sites for hydroxylation is 3. The summed E-state index contributed by atoms with van der Waals surface area (Å²) in [5.41, 5.74) is 3.01. The van der Waals surface area contributed by atoms with Crippen LogP contribution < -0.4 is 0 Å². The molecule has 6 heteroatoms. The second-order valence-corrected chi connectivity index (χ2v) is 6.65. The zero-order valence-electron chi connectivity index (χ0n) is 15.8. The number of hydroxylamine groups is 2. The maximum absolute atomic E-state index is 13.1. The molecule has 1 N–H and O–H groups in total. The number of ether oxygens (including phenoxy) is 2. The predicted molar refractivity (Wildman–Crippen MR) is 94.9 cm³/mol. The van der Waals surface area contributed by atoms with Gasteiger partial charge in [-0.1, -0.05) is 17.7 Å². The van der Waals surface area contributed by atoms with Crippen LogP contribution in [0.2, 0.25) is 0 Å². The lowest BCUT2D eigenvalue weighted by atomic mass is 9.90. The van der Waals surface area contributed by atoms with Crippen LogP contribution in [0.4, 0.5) is 0 Å². The van der Waals surface area contributed by atoms with Crippen molar-refractivity contribution in [2.75, 3.05) is 27.6 Å². The standard InChI is InChI=1S/C19H27NO5/c1-12-9-13(2)15(14(3)10-12)16-17(21)19(4,7-8-23-5)20(18(16)22)25-11-24-6/h9-10,21H,7-8,11H2,1-6H3. The molecule has 0 spiro atoms. The van der Waals surface area contributed by atoms with Crippen LogP contribution >= 0.6 is 0 Å². The Labute approximate surface area is 148 Å². The van der Waals surface area contributed by atoms with Gasteiger partial charge in [0.25, 0.3) is 5.91 Å². The van der Waals surface area contributed by atoms with Crippen LogP contribution in [0.15, 0.2) is 17.9 Å². The van der Waals surface area contributed by atoms with Gasteiger partial charge in [-0.15, -0.1) is 0 Å². The second kappa shape index (κ2) is 7.56. The van der Waals surface area contributed by atoms with E-state index in [1.807, 2.05) is 32.9 Å². The minimum absolute atomic E-state index is 0.000654. The summed E-state index contributed by atoms with van der Waals surface area (Å²) in [5.74, 6) is -0.371. The quantitative estimate of drug-likeness (QED) is 0.766. The van der Waals surface area contributed by atoms with Gasteiger partial charge in [0.2, 0.25) is 0 Å². The van der Waals surface area contributed by atoms with E-state index in [2.05, 4.69) is 0 Å². The van der Waals surface area contributed by atoms with Crippen LogP contribution in [-0.2, 0) is 19.1 Å². The SMILES string of the molecule is COCCC1(C)C(O)=C(c2c(C)cc(C)cc2C)C(=O)N1OCOC. The molecular weight excluding hydrogens is 322 g/mol. The highest BCUT2D eigenvalue weighted by Crippen LogP contribution is 2.42. The Hall–Kier alpha value is -1.89. The summed E-state index contributed by atoms with van der Waals surface area (Å²) < 4.78 is 10.1. The molecule has 138 valence electrons. The maximum atomic E-state index is 13.1. The van der Waals surface area contributed by atoms with E-state index >= 15 is 0 Å². The van der Waals surface area contributed by atoms with Gasteiger partial charge in [-0.25, -0.2) is 9.90 Å². The molecule has 6 nitrogen and oxygen atoms in total. The third-order valence-corrected chi connectivity index (χ3v) is 4.61. The number of carbonyl (C=O) groups is 1. The third-order valence-electron chi connectivity index (χ3n) is 4.61. The summed E-state index contributed by atoms with van der Waals surface area (Å²) in [5, 5.41) is 12.2. The number of hydrogen-bond donors (Lipinski definition) is 1. The molecule has 0 saturated carbocycles. The van der Waals surface area contributed by atoms with E-state index in [-0.39, 0.29) is 24.0 Å². The zero-order chi connectivity index (χ0) is 18.8. The third kappa shape index (κ3) is 3.42. The molecule has 0 aliphatic carbocycles. The van der Waals surface area contributed by atoms with E-state index in [1.165, 1.54) is 12.2 Å². The maximum Gasteiger partial charge on any atom is 0.282 e. The van der Waals surface area contributed by atoms with E-state index in [0.717, 1.165) is 22.3 Å². The van der Waals surface area contributed by atoms with Crippen LogP contribution in [0.3, 0.4) is 0 Å². The molecule has 0 saturated heterocycles. The second-order valence-electron chi connectivity index (χ2n) is 6.65. The molecule has 0 radical (unpaired) electrons. The van der Waals surface area contributed by atoms with Crippen LogP contribution in [0.5, 0.6) is 0 Å². The number of methoxy groups -OCH3 is 2. The lowest BCUT2D eigenvalue weighted by Gasteiger charge is -2.33. The van der Waals surface area contributed by atoms with E-state index in [9.17, 15) is 9.90 Å². The Bertz CT molecular complexity index is 674. The van der Waals surface area contributed by atoms with Crippen molar-refractivity contribution in [2.45, 2.75) is 39.7 Å². The first-order chi connectivity index (χ1) is 11.8. The predicted octanol–water partition coefficient (Wildman–Crippen LogP) is 3.05. The van der Waals surface area contributed by atoms with E-state index in [1.54, 1.807) is 14.0 Å². The fraction of sp³-hybridized carbons (Fsp3) is 0.526. The smallest absolute Gasteiger partial charge is 0.282 e. The molecule has 2 rings (SSSR count). The van der Waals surface area contributed by atoms with Gasteiger partial charge in [-0.05, 0) is 44.4 Å². The highest BCUT2D eigenvalue weighted by Gasteiger charge is 2.51. The molecule has 1 atom stereocenters. The van der Waals surface area contributed by atoms with Gasteiger partial charge < -0.3 is 14.6 Å². The highest BCUT2D eigenvalue weighted by molar-refractivity contribution is 6.23. The monoisotopic (exact) mass is 349 g/mol. The van der Waals surface area contributed by atoms with Gasteiger partial charge in [0.1, 0.15) is 11.3 Å². The van der Waals surface area contributed by atoms with Gasteiger partial charge >= 0.3 is 0 Å². The Morgan fingerprint density at radius 3 is 2.24 bits per heavy atom. The van der Waals surface area contributed by atoms with E-state index in [4.69, 9.17) is 14.3 Å². The number of aliphatic hydroxyl groups is 1. The number of aliphatic hydroxyl groups excluding tert-OH is 1. The normalized spacial score (nSPS) is 20.7. The van der Waals surface area contributed by atoms with Gasteiger partial charge in [0.05, 0.1) is 5.57 Å². The summed E-state index contributed by atoms with van der Waals surface area (Å²) in [6, 6.07) is 4.00. The number of nitrogens with zero attached hydrogens (tertiary/aromatic N) is 1. The molecule has 0 fully saturated rings. The molecule has 1 amide bonds. The number of carbonyl (C=O) groups excluding carboxylic acids is 1. The van der Waals surface area contributed by atoms with E-state index in [0.29, 0.717) is 13.0 Å². The Morgan fingerprint density at radius 2 is 1.72 bits per heavy atom. The fourth-order valence-corrected chi connectivity index (χ4v) is 3.42. The molecule has 25 heavy (non-hydrogen) atoms. The molecule has 1 aromatic rings. The fourth-order valence-electron chi connectivity index (χ4n) is 3.42. The molecule has 0 bridgehead atoms. The summed E-state index contributed by atoms with van der Waals surface area (Å²) >= 11 is 0. The largest absolute Gasteiger partial charge is 0.509 e. The van der Waals surface area contributed by atoms with Crippen LogP contribution in [0.25, 0.3) is 5.57 Å². The van der Waals surface area contributed by atoms with Crippen molar-refractivity contribution in [3.8, 4) is 0 Å². The lowest BCUT2D eigenvalue weighted by Crippen LogP contribution is -2.47. The van der Waals surface area contributed by atoms with Crippen molar-refractivity contribution in [1.82, 2.24) is 5.06 Å². The van der Waals surface area contributed by atoms with E-state index < -0.39 is 5.54 Å². The highest BCUT2D eigenvalue weighted by atomic mass is 16.8. The number of benzene rings is 1. The van der Waals surface area contributed by atoms with Crippen LogP contribution in [0, 0.1) is 20.8 Å².